The molecule has 5 aliphatic heterocycles. The predicted molar refractivity (Wildman–Crippen MR) is 232 cm³/mol. The number of aliphatic hydroxyl groups excluding tert-OH is 3. The van der Waals surface area contributed by atoms with Crippen molar-refractivity contribution in [2.75, 3.05) is 23.3 Å². The number of phenolic OH excluding ortho intramolecular Hbond substituents is 2. The van der Waals surface area contributed by atoms with E-state index in [1.165, 1.54) is 33.1 Å². The van der Waals surface area contributed by atoms with Crippen LogP contribution in [0.15, 0.2) is 57.5 Å². The van der Waals surface area contributed by atoms with Crippen LogP contribution in [0.4, 0.5) is 11.4 Å². The Bertz CT molecular complexity index is 2520. The number of nitrogens with zero attached hydrogens (tertiary/aromatic N) is 2. The molecule has 1 amide bonds. The minimum atomic E-state index is -1.99. The molecule has 5 bridgehead atoms. The first-order valence-electron chi connectivity index (χ1n) is 21.1. The van der Waals surface area contributed by atoms with Crippen LogP contribution in [0.3, 0.4) is 0 Å². The predicted octanol–water partition coefficient (Wildman–Crippen LogP) is 6.94. The molecule has 14 nitrogen and oxygen atoms in total. The van der Waals surface area contributed by atoms with E-state index in [1.807, 2.05) is 13.8 Å². The lowest BCUT2D eigenvalue weighted by molar-refractivity contribution is -0.112. The molecule has 6 aliphatic rings. The van der Waals surface area contributed by atoms with Crippen molar-refractivity contribution in [2.45, 2.75) is 99.3 Å². The molecule has 9 atom stereocenters. The maximum atomic E-state index is 14.7. The lowest BCUT2D eigenvalue weighted by Gasteiger charge is -2.35. The maximum absolute atomic E-state index is 14.7. The van der Waals surface area contributed by atoms with Crippen LogP contribution in [0.5, 0.6) is 17.2 Å². The number of carbonyl (C=O) groups is 2. The Morgan fingerprint density at radius 2 is 1.51 bits per heavy atom. The number of anilines is 2. The van der Waals surface area contributed by atoms with Crippen molar-refractivity contribution in [2.24, 2.45) is 35.5 Å². The molecule has 0 aromatic heterocycles. The molecule has 2 aromatic carbocycles. The molecule has 1 fully saturated rings. The number of Topliss-reactive ketones (excluding diaryl/α,β-unsaturated/α-hetero) is 1. The monoisotopic (exact) mass is 839 g/mol. The molecular formula is C47H57N3O11. The Balaban J connectivity index is 1.45. The molecule has 0 radical (unpaired) electrons. The van der Waals surface area contributed by atoms with Gasteiger partial charge >= 0.3 is 5.79 Å². The maximum Gasteiger partial charge on any atom is 0.312 e. The molecule has 5 heterocycles. The number of aromatic hydroxyl groups is 2. The van der Waals surface area contributed by atoms with Gasteiger partial charge in [-0.3, -0.25) is 14.4 Å². The molecule has 2 aromatic rings. The number of aliphatic hydroxyl groups is 3. The molecule has 326 valence electrons. The Hall–Kier alpha value is -5.44. The number of piperidine rings is 1. The van der Waals surface area contributed by atoms with E-state index in [9.17, 15) is 39.9 Å². The van der Waals surface area contributed by atoms with Crippen LogP contribution in [0.1, 0.15) is 84.2 Å². The average molecular weight is 840 g/mol. The van der Waals surface area contributed by atoms with Gasteiger partial charge in [-0.1, -0.05) is 59.8 Å². The summed E-state index contributed by atoms with van der Waals surface area (Å²) in [4.78, 5) is 50.2. The standard InChI is InChI=1S/C47H57N3O11/c1-21-13-16-50(17-14-21)29-19-30(51)35-31(20-29)60-44-36(48-35)32-33-41(55)28(8)43-34(32)45(57)47(9,61-43)59-18-15-22(2)25(5)39(53)27(7)40(54)26(6)38(52)23(3)11-10-12-24(4)46(58)49-37(44)42(33)56/h10-12,15,18-23,25-27,38-40,51-55H,13-14,16-17H2,1-9H3,(H,49,58)/b11-10+,18-15+,24-12-/t22-,23-,25+,26+,27-,38-,39+,40+,47-/m0/s1. The Labute approximate surface area is 354 Å². The fourth-order valence-electron chi connectivity index (χ4n) is 8.80. The van der Waals surface area contributed by atoms with Gasteiger partial charge in [0.2, 0.25) is 5.43 Å². The summed E-state index contributed by atoms with van der Waals surface area (Å²) in [5, 5.41) is 59.4. The minimum absolute atomic E-state index is 0.0214. The van der Waals surface area contributed by atoms with Gasteiger partial charge in [-0.25, -0.2) is 4.98 Å². The molecule has 6 N–H and O–H groups in total. The number of rotatable bonds is 1. The zero-order chi connectivity index (χ0) is 44.4. The zero-order valence-electron chi connectivity index (χ0n) is 36.1. The van der Waals surface area contributed by atoms with Gasteiger partial charge in [0.25, 0.3) is 11.7 Å². The van der Waals surface area contributed by atoms with Crippen LogP contribution in [0.25, 0.3) is 33.3 Å². The summed E-state index contributed by atoms with van der Waals surface area (Å²) in [5.41, 5.74) is -0.360. The van der Waals surface area contributed by atoms with Crippen molar-refractivity contribution in [3.63, 3.8) is 0 Å². The van der Waals surface area contributed by atoms with Crippen LogP contribution in [-0.2, 0) is 9.53 Å². The molecule has 0 unspecified atom stereocenters. The van der Waals surface area contributed by atoms with Gasteiger partial charge in [0.15, 0.2) is 11.3 Å². The fraction of sp³-hybridized carbons (Fsp3) is 0.489. The number of allylic oxidation sites excluding steroid dienone is 3. The molecule has 1 aliphatic carbocycles. The number of fused-ring (bicyclic) bond motifs is 14. The summed E-state index contributed by atoms with van der Waals surface area (Å²) in [6.45, 7) is 17.0. The number of ketones is 1. The van der Waals surface area contributed by atoms with Crippen LogP contribution >= 0.6 is 0 Å². The summed E-state index contributed by atoms with van der Waals surface area (Å²) in [7, 11) is 0. The van der Waals surface area contributed by atoms with E-state index in [0.717, 1.165) is 25.9 Å². The van der Waals surface area contributed by atoms with E-state index in [-0.39, 0.29) is 73.1 Å². The average Bonchev–Trinajstić information content (AvgIpc) is 3.50. The van der Waals surface area contributed by atoms with Crippen molar-refractivity contribution < 1.29 is 49.0 Å². The first-order valence-corrected chi connectivity index (χ1v) is 21.1. The van der Waals surface area contributed by atoms with Crippen LogP contribution in [0, 0.1) is 42.4 Å². The number of nitrogens with one attached hydrogen (secondary N) is 1. The number of amides is 1. The molecule has 0 spiro atoms. The third-order valence-electron chi connectivity index (χ3n) is 13.4. The third-order valence-corrected chi connectivity index (χ3v) is 13.4. The second-order valence-corrected chi connectivity index (χ2v) is 17.8. The minimum Gasteiger partial charge on any atom is -0.507 e. The number of hydrogen-bond donors (Lipinski definition) is 6. The highest BCUT2D eigenvalue weighted by molar-refractivity contribution is 6.22. The van der Waals surface area contributed by atoms with Crippen molar-refractivity contribution >= 4 is 44.9 Å². The van der Waals surface area contributed by atoms with Gasteiger partial charge in [-0.2, -0.15) is 0 Å². The topological polar surface area (TPSA) is 212 Å². The summed E-state index contributed by atoms with van der Waals surface area (Å²) < 4.78 is 18.7. The smallest absolute Gasteiger partial charge is 0.312 e. The summed E-state index contributed by atoms with van der Waals surface area (Å²) in [6.07, 6.45) is 6.62. The Morgan fingerprint density at radius 3 is 2.20 bits per heavy atom. The van der Waals surface area contributed by atoms with Gasteiger partial charge in [0.1, 0.15) is 34.1 Å². The molecular weight excluding hydrogens is 783 g/mol. The van der Waals surface area contributed by atoms with E-state index in [1.54, 1.807) is 51.1 Å². The van der Waals surface area contributed by atoms with Gasteiger partial charge in [-0.05, 0) is 50.5 Å². The number of aromatic nitrogens is 1. The summed E-state index contributed by atoms with van der Waals surface area (Å²) in [5.74, 6) is -6.26. The highest BCUT2D eigenvalue weighted by atomic mass is 16.7. The SMILES string of the molecule is C/C1=C/C=C/[C@H](C)[C@H](O)[C@@H](C)[C@@H](O)[C@@H](C)[C@H](O)[C@H](C)[C@@H](C)/C=C/O[C@@]2(C)Oc3c(C)c(O)c4c(=O)c(c5oc6cc(N7CCC(C)CC7)cc(O)c6nc-5c4c3C2=O)NC1=O. The van der Waals surface area contributed by atoms with E-state index in [2.05, 4.69) is 17.1 Å². The lowest BCUT2D eigenvalue weighted by atomic mass is 9.77. The highest BCUT2D eigenvalue weighted by Gasteiger charge is 2.50. The van der Waals surface area contributed by atoms with Gasteiger partial charge in [0.05, 0.1) is 35.5 Å². The first kappa shape index (κ1) is 43.6. The van der Waals surface area contributed by atoms with Gasteiger partial charge in [-0.15, -0.1) is 0 Å². The van der Waals surface area contributed by atoms with Crippen molar-refractivity contribution in [3.05, 3.63) is 69.6 Å². The molecule has 8 rings (SSSR count). The molecule has 61 heavy (non-hydrogen) atoms. The molecule has 14 heteroatoms. The fourth-order valence-corrected chi connectivity index (χ4v) is 8.80. The Morgan fingerprint density at radius 1 is 0.852 bits per heavy atom. The number of phenols is 2. The van der Waals surface area contributed by atoms with Crippen molar-refractivity contribution in [1.29, 1.82) is 0 Å². The second-order valence-electron chi connectivity index (χ2n) is 17.8. The van der Waals surface area contributed by atoms with Gasteiger partial charge in [0, 0.05) is 72.1 Å². The van der Waals surface area contributed by atoms with E-state index >= 15 is 0 Å². The highest BCUT2D eigenvalue weighted by Crippen LogP contribution is 2.51. The number of hydrogen-bond acceptors (Lipinski definition) is 13. The number of benzene rings is 3. The summed E-state index contributed by atoms with van der Waals surface area (Å²) in [6, 6.07) is 3.30. The van der Waals surface area contributed by atoms with Crippen LogP contribution in [0.2, 0.25) is 0 Å². The molecule has 0 saturated carbocycles. The third kappa shape index (κ3) is 7.63. The number of ether oxygens (including phenoxy) is 2. The van der Waals surface area contributed by atoms with E-state index in [0.29, 0.717) is 11.6 Å². The first-order chi connectivity index (χ1) is 28.7. The zero-order valence-corrected chi connectivity index (χ0v) is 36.1. The normalized spacial score (nSPS) is 31.5. The number of carbonyl (C=O) groups excluding carboxylic acids is 2. The van der Waals surface area contributed by atoms with Crippen molar-refractivity contribution in [3.8, 4) is 28.7 Å². The van der Waals surface area contributed by atoms with E-state index in [4.69, 9.17) is 18.9 Å². The second kappa shape index (κ2) is 16.4. The quantitative estimate of drug-likeness (QED) is 0.0848. The summed E-state index contributed by atoms with van der Waals surface area (Å²) >= 11 is 0. The largest absolute Gasteiger partial charge is 0.507 e. The molecule has 1 saturated heterocycles. The lowest BCUT2D eigenvalue weighted by Crippen LogP contribution is -2.43. The van der Waals surface area contributed by atoms with Crippen LogP contribution in [-0.4, -0.2) is 79.4 Å². The van der Waals surface area contributed by atoms with Crippen LogP contribution < -0.4 is 20.4 Å². The van der Waals surface area contributed by atoms with E-state index < -0.39 is 70.6 Å². The Kier molecular flexibility index (Phi) is 11.8. The van der Waals surface area contributed by atoms with Crippen molar-refractivity contribution in [1.82, 2.24) is 4.98 Å². The van der Waals surface area contributed by atoms with Gasteiger partial charge < -0.3 is 49.6 Å².